The summed E-state index contributed by atoms with van der Waals surface area (Å²) in [4.78, 5) is 11.6. The first-order valence-corrected chi connectivity index (χ1v) is 9.83. The van der Waals surface area contributed by atoms with Crippen LogP contribution in [-0.2, 0) is 17.6 Å². The van der Waals surface area contributed by atoms with E-state index in [0.717, 1.165) is 59.8 Å². The zero-order valence-electron chi connectivity index (χ0n) is 16.7. The van der Waals surface area contributed by atoms with E-state index in [4.69, 9.17) is 4.74 Å². The highest BCUT2D eigenvalue weighted by Gasteiger charge is 2.14. The van der Waals surface area contributed by atoms with Crippen molar-refractivity contribution in [3.05, 3.63) is 65.9 Å². The maximum atomic E-state index is 11.6. The summed E-state index contributed by atoms with van der Waals surface area (Å²) in [6.45, 7) is 5.70. The first-order valence-electron chi connectivity index (χ1n) is 9.83. The van der Waals surface area contributed by atoms with Crippen LogP contribution in [0.1, 0.15) is 44.7 Å². The minimum atomic E-state index is -0.281. The number of carbonyl (C=O) groups excluding carboxylic acids is 1. The zero-order valence-corrected chi connectivity index (χ0v) is 16.7. The molecule has 0 aliphatic carbocycles. The topological polar surface area (TPSA) is 56.1 Å². The van der Waals surface area contributed by atoms with Gasteiger partial charge in [0.15, 0.2) is 5.82 Å². The number of carbonyl (C=O) groups is 1. The van der Waals surface area contributed by atoms with Gasteiger partial charge in [-0.05, 0) is 48.2 Å². The molecule has 3 rings (SSSR count). The Morgan fingerprint density at radius 2 is 1.68 bits per heavy atom. The lowest BCUT2D eigenvalue weighted by Crippen LogP contribution is -2.08. The number of nitrogens with one attached hydrogen (secondary N) is 1. The molecule has 0 aliphatic heterocycles. The lowest BCUT2D eigenvalue weighted by molar-refractivity contribution is -0.132. The molecule has 0 atom stereocenters. The molecule has 0 amide bonds. The first kappa shape index (κ1) is 19.7. The first-order chi connectivity index (χ1) is 13.6. The predicted octanol–water partition coefficient (Wildman–Crippen LogP) is 5.45. The quantitative estimate of drug-likeness (QED) is 0.419. The third-order valence-electron chi connectivity index (χ3n) is 4.41. The Kier molecular flexibility index (Phi) is 6.48. The van der Waals surface area contributed by atoms with Gasteiger partial charge in [0, 0.05) is 24.9 Å². The molecule has 0 unspecified atom stereocenters. The van der Waals surface area contributed by atoms with Crippen molar-refractivity contribution in [2.75, 3.05) is 5.32 Å². The van der Waals surface area contributed by atoms with Crippen LogP contribution in [0, 0.1) is 0 Å². The molecule has 28 heavy (non-hydrogen) atoms. The summed E-state index contributed by atoms with van der Waals surface area (Å²) in [6, 6.07) is 16.1. The predicted molar refractivity (Wildman–Crippen MR) is 113 cm³/mol. The van der Waals surface area contributed by atoms with Gasteiger partial charge in [0.25, 0.3) is 0 Å². The normalized spacial score (nSPS) is 10.7. The van der Waals surface area contributed by atoms with Gasteiger partial charge in [-0.2, -0.15) is 5.10 Å². The SMILES string of the molecule is CCCc1cc(Nc2ccn(-c3ccccc3)n2)cc(CCC)c1OC(C)=O. The van der Waals surface area contributed by atoms with Gasteiger partial charge in [-0.3, -0.25) is 4.79 Å². The van der Waals surface area contributed by atoms with Crippen LogP contribution in [0.15, 0.2) is 54.7 Å². The summed E-state index contributed by atoms with van der Waals surface area (Å²) in [5.41, 5.74) is 4.07. The molecule has 1 heterocycles. The second-order valence-electron chi connectivity index (χ2n) is 6.82. The monoisotopic (exact) mass is 377 g/mol. The van der Waals surface area contributed by atoms with Gasteiger partial charge in [-0.25, -0.2) is 4.68 Å². The number of ether oxygens (including phenoxy) is 1. The Morgan fingerprint density at radius 3 is 2.25 bits per heavy atom. The summed E-state index contributed by atoms with van der Waals surface area (Å²) < 4.78 is 7.41. The highest BCUT2D eigenvalue weighted by molar-refractivity contribution is 5.72. The van der Waals surface area contributed by atoms with Crippen molar-refractivity contribution in [3.8, 4) is 11.4 Å². The number of hydrogen-bond donors (Lipinski definition) is 1. The molecule has 2 aromatic carbocycles. The Morgan fingerprint density at radius 1 is 1.04 bits per heavy atom. The van der Waals surface area contributed by atoms with Gasteiger partial charge in [0.2, 0.25) is 0 Å². The standard InChI is InChI=1S/C23H27N3O2/c1-4-9-18-15-20(16-19(10-5-2)23(18)28-17(3)27)24-22-13-14-26(25-22)21-11-7-6-8-12-21/h6-8,11-16H,4-5,9-10H2,1-3H3,(H,24,25). The van der Waals surface area contributed by atoms with Crippen LogP contribution in [0.2, 0.25) is 0 Å². The molecule has 5 heteroatoms. The van der Waals surface area contributed by atoms with E-state index >= 15 is 0 Å². The van der Waals surface area contributed by atoms with Gasteiger partial charge in [0.05, 0.1) is 5.69 Å². The van der Waals surface area contributed by atoms with E-state index in [1.165, 1.54) is 6.92 Å². The van der Waals surface area contributed by atoms with E-state index in [0.29, 0.717) is 0 Å². The molecule has 0 fully saturated rings. The molecule has 0 bridgehead atoms. The number of aryl methyl sites for hydroxylation is 2. The van der Waals surface area contributed by atoms with Crippen molar-refractivity contribution in [3.63, 3.8) is 0 Å². The molecule has 3 aromatic rings. The van der Waals surface area contributed by atoms with Crippen LogP contribution in [0.5, 0.6) is 5.75 Å². The van der Waals surface area contributed by atoms with Crippen molar-refractivity contribution >= 4 is 17.5 Å². The number of aromatic nitrogens is 2. The molecule has 0 saturated carbocycles. The summed E-state index contributed by atoms with van der Waals surface area (Å²) in [7, 11) is 0. The lowest BCUT2D eigenvalue weighted by atomic mass is 10.0. The molecule has 0 radical (unpaired) electrons. The van der Waals surface area contributed by atoms with E-state index in [-0.39, 0.29) is 5.97 Å². The van der Waals surface area contributed by atoms with Crippen LogP contribution >= 0.6 is 0 Å². The average molecular weight is 377 g/mol. The third kappa shape index (κ3) is 4.80. The third-order valence-corrected chi connectivity index (χ3v) is 4.41. The van der Waals surface area contributed by atoms with Crippen molar-refractivity contribution in [1.29, 1.82) is 0 Å². The highest BCUT2D eigenvalue weighted by Crippen LogP contribution is 2.32. The summed E-state index contributed by atoms with van der Waals surface area (Å²) in [5.74, 6) is 1.21. The maximum Gasteiger partial charge on any atom is 0.308 e. The summed E-state index contributed by atoms with van der Waals surface area (Å²) in [5, 5.41) is 8.02. The second kappa shape index (κ2) is 9.22. The second-order valence-corrected chi connectivity index (χ2v) is 6.82. The number of esters is 1. The van der Waals surface area contributed by atoms with Crippen LogP contribution < -0.4 is 10.1 Å². The molecule has 1 N–H and O–H groups in total. The maximum absolute atomic E-state index is 11.6. The molecular weight excluding hydrogens is 350 g/mol. The molecule has 146 valence electrons. The Labute approximate surface area is 166 Å². The molecular formula is C23H27N3O2. The van der Waals surface area contributed by atoms with Crippen LogP contribution in [-0.4, -0.2) is 15.7 Å². The number of nitrogens with zero attached hydrogens (tertiary/aromatic N) is 2. The van der Waals surface area contributed by atoms with Gasteiger partial charge >= 0.3 is 5.97 Å². The van der Waals surface area contributed by atoms with Gasteiger partial charge in [-0.1, -0.05) is 44.9 Å². The Bertz CT molecular complexity index is 905. The fraction of sp³-hybridized carbons (Fsp3) is 0.304. The number of hydrogen-bond acceptors (Lipinski definition) is 4. The van der Waals surface area contributed by atoms with E-state index in [2.05, 4.69) is 36.4 Å². The summed E-state index contributed by atoms with van der Waals surface area (Å²) >= 11 is 0. The van der Waals surface area contributed by atoms with Crippen molar-refractivity contribution in [2.24, 2.45) is 0 Å². The van der Waals surface area contributed by atoms with Gasteiger partial charge in [0.1, 0.15) is 5.75 Å². The minimum absolute atomic E-state index is 0.281. The Hall–Kier alpha value is -3.08. The van der Waals surface area contributed by atoms with E-state index < -0.39 is 0 Å². The lowest BCUT2D eigenvalue weighted by Gasteiger charge is -2.16. The van der Waals surface area contributed by atoms with Crippen molar-refractivity contribution < 1.29 is 9.53 Å². The fourth-order valence-electron chi connectivity index (χ4n) is 3.27. The van der Waals surface area contributed by atoms with Crippen LogP contribution in [0.25, 0.3) is 5.69 Å². The van der Waals surface area contributed by atoms with Crippen LogP contribution in [0.4, 0.5) is 11.5 Å². The fourth-order valence-corrected chi connectivity index (χ4v) is 3.27. The smallest absolute Gasteiger partial charge is 0.308 e. The largest absolute Gasteiger partial charge is 0.426 e. The van der Waals surface area contributed by atoms with Crippen molar-refractivity contribution in [1.82, 2.24) is 9.78 Å². The number of rotatable bonds is 8. The molecule has 0 aliphatic rings. The summed E-state index contributed by atoms with van der Waals surface area (Å²) in [6.07, 6.45) is 5.60. The van der Waals surface area contributed by atoms with Gasteiger partial charge < -0.3 is 10.1 Å². The van der Waals surface area contributed by atoms with Crippen LogP contribution in [0.3, 0.4) is 0 Å². The van der Waals surface area contributed by atoms with Crippen molar-refractivity contribution in [2.45, 2.75) is 46.5 Å². The van der Waals surface area contributed by atoms with Gasteiger partial charge in [-0.15, -0.1) is 0 Å². The molecule has 0 spiro atoms. The zero-order chi connectivity index (χ0) is 19.9. The van der Waals surface area contributed by atoms with E-state index in [9.17, 15) is 4.79 Å². The molecule has 0 saturated heterocycles. The highest BCUT2D eigenvalue weighted by atomic mass is 16.5. The van der Waals surface area contributed by atoms with E-state index in [1.54, 1.807) is 0 Å². The number of para-hydroxylation sites is 1. The molecule has 1 aromatic heterocycles. The minimum Gasteiger partial charge on any atom is -0.426 e. The molecule has 5 nitrogen and oxygen atoms in total. The average Bonchev–Trinajstić information content (AvgIpc) is 3.14. The number of anilines is 2. The number of benzene rings is 2. The Balaban J connectivity index is 1.91. The van der Waals surface area contributed by atoms with E-state index in [1.807, 2.05) is 47.3 Å².